The van der Waals surface area contributed by atoms with Crippen molar-refractivity contribution in [1.82, 2.24) is 24.8 Å². The molecule has 1 aliphatic carbocycles. The van der Waals surface area contributed by atoms with E-state index in [0.29, 0.717) is 41.4 Å². The van der Waals surface area contributed by atoms with Gasteiger partial charge in [-0.05, 0) is 38.3 Å². The fourth-order valence-electron chi connectivity index (χ4n) is 4.45. The molecule has 2 aliphatic rings. The molecule has 8 nitrogen and oxygen atoms in total. The molecule has 164 valence electrons. The first kappa shape index (κ1) is 20.6. The van der Waals surface area contributed by atoms with Gasteiger partial charge in [-0.1, -0.05) is 18.0 Å². The number of hydrogen-bond acceptors (Lipinski definition) is 7. The molecule has 2 fully saturated rings. The second-order valence-corrected chi connectivity index (χ2v) is 9.89. The zero-order chi connectivity index (χ0) is 21.6. The van der Waals surface area contributed by atoms with Crippen molar-refractivity contribution in [1.29, 1.82) is 0 Å². The van der Waals surface area contributed by atoms with E-state index in [4.69, 9.17) is 11.6 Å². The average Bonchev–Trinajstić information content (AvgIpc) is 3.48. The molecule has 1 saturated carbocycles. The molecule has 1 atom stereocenters. The number of likely N-dealkylation sites (tertiary alicyclic amines) is 1. The molecule has 0 unspecified atom stereocenters. The van der Waals surface area contributed by atoms with Crippen molar-refractivity contribution in [2.75, 3.05) is 18.4 Å². The minimum Gasteiger partial charge on any atom is -0.366 e. The van der Waals surface area contributed by atoms with Gasteiger partial charge < -0.3 is 10.3 Å². The van der Waals surface area contributed by atoms with Gasteiger partial charge in [0.25, 0.3) is 0 Å². The molecule has 0 amide bonds. The van der Waals surface area contributed by atoms with E-state index >= 15 is 0 Å². The molecule has 1 aliphatic heterocycles. The summed E-state index contributed by atoms with van der Waals surface area (Å²) in [5, 5.41) is 4.33. The van der Waals surface area contributed by atoms with E-state index in [1.54, 1.807) is 18.5 Å². The predicted molar refractivity (Wildman–Crippen MR) is 117 cm³/mol. The van der Waals surface area contributed by atoms with Crippen molar-refractivity contribution in [3.8, 4) is 11.4 Å². The highest BCUT2D eigenvalue weighted by Gasteiger charge is 2.54. The number of nitrogens with zero attached hydrogens (tertiary/aromatic N) is 4. The molecule has 0 bridgehead atoms. The third-order valence-corrected chi connectivity index (χ3v) is 7.78. The first-order valence-electron chi connectivity index (χ1n) is 10.3. The monoisotopic (exact) mass is 464 g/mol. The van der Waals surface area contributed by atoms with Crippen LogP contribution in [0.5, 0.6) is 0 Å². The third-order valence-electron chi connectivity index (χ3n) is 6.19. The van der Waals surface area contributed by atoms with E-state index in [-0.39, 0.29) is 11.9 Å². The number of piperidine rings is 1. The first-order chi connectivity index (χ1) is 15.0. The topological polar surface area (TPSA) is 104 Å². The SMILES string of the molecule is O=[SH](=O)C1(N2CCCC[C@H]2CNc2nc(-c3c[nH]c4ncc(Cl)cc34)ncc2F)CC1. The number of nitrogens with one attached hydrogen (secondary N) is 2. The number of thiol groups is 1. The number of halogens is 2. The summed E-state index contributed by atoms with van der Waals surface area (Å²) in [4.78, 5) is 17.2. The Morgan fingerprint density at radius 1 is 1.29 bits per heavy atom. The van der Waals surface area contributed by atoms with Crippen LogP contribution in [0.1, 0.15) is 32.1 Å². The second kappa shape index (κ2) is 7.99. The number of aromatic nitrogens is 4. The molecule has 0 aromatic carbocycles. The maximum Gasteiger partial charge on any atom is 0.183 e. The highest BCUT2D eigenvalue weighted by molar-refractivity contribution is 7.74. The zero-order valence-electron chi connectivity index (χ0n) is 16.6. The minimum atomic E-state index is -2.52. The molecule has 4 heterocycles. The van der Waals surface area contributed by atoms with E-state index in [1.165, 1.54) is 0 Å². The van der Waals surface area contributed by atoms with Crippen LogP contribution in [-0.2, 0) is 10.7 Å². The minimum absolute atomic E-state index is 0.0121. The van der Waals surface area contributed by atoms with E-state index in [1.807, 2.05) is 0 Å². The average molecular weight is 465 g/mol. The first-order valence-corrected chi connectivity index (χ1v) is 11.8. The molecular formula is C20H22ClFN6O2S. The van der Waals surface area contributed by atoms with Crippen LogP contribution in [0.4, 0.5) is 10.2 Å². The molecule has 0 radical (unpaired) electrons. The van der Waals surface area contributed by atoms with Crippen LogP contribution >= 0.6 is 11.6 Å². The number of fused-ring (bicyclic) bond motifs is 1. The molecule has 2 N–H and O–H groups in total. The summed E-state index contributed by atoms with van der Waals surface area (Å²) in [5.74, 6) is -0.115. The lowest BCUT2D eigenvalue weighted by atomic mass is 10.0. The Morgan fingerprint density at radius 2 is 2.13 bits per heavy atom. The van der Waals surface area contributed by atoms with E-state index in [0.717, 1.165) is 37.4 Å². The summed E-state index contributed by atoms with van der Waals surface area (Å²) in [6.45, 7) is 1.16. The Labute approximate surface area is 185 Å². The Morgan fingerprint density at radius 3 is 2.90 bits per heavy atom. The molecular weight excluding hydrogens is 443 g/mol. The largest absolute Gasteiger partial charge is 0.366 e. The van der Waals surface area contributed by atoms with Crippen LogP contribution in [0.15, 0.2) is 24.7 Å². The van der Waals surface area contributed by atoms with E-state index in [2.05, 4.69) is 30.2 Å². The van der Waals surface area contributed by atoms with Gasteiger partial charge in [-0.3, -0.25) is 4.90 Å². The van der Waals surface area contributed by atoms with Crippen molar-refractivity contribution < 1.29 is 12.8 Å². The van der Waals surface area contributed by atoms with Gasteiger partial charge in [-0.15, -0.1) is 0 Å². The molecule has 3 aromatic heterocycles. The van der Waals surface area contributed by atoms with Crippen LogP contribution < -0.4 is 5.32 Å². The zero-order valence-corrected chi connectivity index (χ0v) is 18.3. The van der Waals surface area contributed by atoms with Gasteiger partial charge in [0.15, 0.2) is 28.2 Å². The maximum atomic E-state index is 14.5. The summed E-state index contributed by atoms with van der Waals surface area (Å²) < 4.78 is 38.2. The summed E-state index contributed by atoms with van der Waals surface area (Å²) >= 11 is 6.07. The normalized spacial score (nSPS) is 20.9. The molecule has 11 heteroatoms. The molecule has 5 rings (SSSR count). The van der Waals surface area contributed by atoms with Crippen LogP contribution in [-0.4, -0.2) is 57.3 Å². The number of aromatic amines is 1. The van der Waals surface area contributed by atoms with Crippen molar-refractivity contribution in [2.24, 2.45) is 0 Å². The lowest BCUT2D eigenvalue weighted by Crippen LogP contribution is -2.51. The second-order valence-electron chi connectivity index (χ2n) is 8.11. The van der Waals surface area contributed by atoms with E-state index < -0.39 is 21.4 Å². The van der Waals surface area contributed by atoms with Gasteiger partial charge in [-0.2, -0.15) is 0 Å². The van der Waals surface area contributed by atoms with E-state index in [9.17, 15) is 12.8 Å². The standard InChI is InChI=1S/C20H22ClFN6O2S/c21-12-7-14-15(10-25-17(14)23-8-12)18-26-11-16(22)19(27-18)24-9-13-3-1-2-6-28(13)20(4-5-20)31(29)30/h7-8,10-11,13,31H,1-6,9H2,(H,23,25)(H,24,26,27)/t13-/m0/s1. The smallest absolute Gasteiger partial charge is 0.183 e. The number of pyridine rings is 1. The summed E-state index contributed by atoms with van der Waals surface area (Å²) in [5.41, 5.74) is 1.31. The lowest BCUT2D eigenvalue weighted by Gasteiger charge is -2.39. The number of hydrogen-bond donors (Lipinski definition) is 3. The number of anilines is 1. The van der Waals surface area contributed by atoms with Crippen LogP contribution in [0.2, 0.25) is 5.02 Å². The fraction of sp³-hybridized carbons (Fsp3) is 0.450. The van der Waals surface area contributed by atoms with Crippen LogP contribution in [0.3, 0.4) is 0 Å². The van der Waals surface area contributed by atoms with Crippen molar-refractivity contribution >= 4 is 39.2 Å². The van der Waals surface area contributed by atoms with Crippen molar-refractivity contribution in [2.45, 2.75) is 43.0 Å². The summed E-state index contributed by atoms with van der Waals surface area (Å²) in [7, 11) is -2.52. The highest BCUT2D eigenvalue weighted by Crippen LogP contribution is 2.45. The third kappa shape index (κ3) is 3.77. The Balaban J connectivity index is 1.39. The molecule has 31 heavy (non-hydrogen) atoms. The summed E-state index contributed by atoms with van der Waals surface area (Å²) in [6, 6.07) is 1.77. The Kier molecular flexibility index (Phi) is 5.31. The lowest BCUT2D eigenvalue weighted by molar-refractivity contribution is 0.128. The Bertz CT molecular complexity index is 1200. The van der Waals surface area contributed by atoms with Crippen molar-refractivity contribution in [3.05, 3.63) is 35.5 Å². The predicted octanol–water partition coefficient (Wildman–Crippen LogP) is 3.18. The quantitative estimate of drug-likeness (QED) is 0.481. The van der Waals surface area contributed by atoms with Gasteiger partial charge in [0.05, 0.1) is 11.2 Å². The molecule has 3 aromatic rings. The van der Waals surface area contributed by atoms with Crippen molar-refractivity contribution in [3.63, 3.8) is 0 Å². The fourth-order valence-corrected chi connectivity index (χ4v) is 5.55. The molecule has 0 spiro atoms. The maximum absolute atomic E-state index is 14.5. The van der Waals surface area contributed by atoms with Gasteiger partial charge in [0.2, 0.25) is 0 Å². The van der Waals surface area contributed by atoms with Gasteiger partial charge >= 0.3 is 0 Å². The molecule has 1 saturated heterocycles. The van der Waals surface area contributed by atoms with Gasteiger partial charge in [0, 0.05) is 35.9 Å². The summed E-state index contributed by atoms with van der Waals surface area (Å²) in [6.07, 6.45) is 8.61. The van der Waals surface area contributed by atoms with Gasteiger partial charge in [0.1, 0.15) is 10.5 Å². The highest BCUT2D eigenvalue weighted by atomic mass is 35.5. The van der Waals surface area contributed by atoms with Crippen LogP contribution in [0.25, 0.3) is 22.4 Å². The Hall–Kier alpha value is -2.30. The number of H-pyrrole nitrogens is 1. The van der Waals surface area contributed by atoms with Crippen LogP contribution in [0, 0.1) is 5.82 Å². The number of rotatable bonds is 6. The van der Waals surface area contributed by atoms with Gasteiger partial charge in [-0.25, -0.2) is 27.8 Å².